The number of benzene rings is 2. The fourth-order valence-corrected chi connectivity index (χ4v) is 2.43. The minimum absolute atomic E-state index is 0.0962. The van der Waals surface area contributed by atoms with E-state index < -0.39 is 17.8 Å². The highest BCUT2D eigenvalue weighted by atomic mass is 16.4. The maximum absolute atomic E-state index is 12.5. The van der Waals surface area contributed by atoms with E-state index in [4.69, 9.17) is 5.26 Å². The number of carbonyl (C=O) groups is 2. The van der Waals surface area contributed by atoms with E-state index in [1.54, 1.807) is 31.3 Å². The summed E-state index contributed by atoms with van der Waals surface area (Å²) in [5.41, 5.74) is 2.15. The lowest BCUT2D eigenvalue weighted by atomic mass is 9.97. The summed E-state index contributed by atoms with van der Waals surface area (Å²) in [5.74, 6) is -2.73. The third-order valence-electron chi connectivity index (χ3n) is 3.76. The maximum atomic E-state index is 12.5. The van der Waals surface area contributed by atoms with Crippen LogP contribution in [0.25, 0.3) is 0 Å². The number of carbonyl (C=O) groups excluding carboxylic acids is 1. The molecule has 2 rings (SSSR count). The molecule has 5 heteroatoms. The Balaban J connectivity index is 2.09. The van der Waals surface area contributed by atoms with Crippen LogP contribution in [0, 0.1) is 17.2 Å². The third kappa shape index (κ3) is 4.43. The van der Waals surface area contributed by atoms with Crippen molar-refractivity contribution in [2.45, 2.75) is 13.0 Å². The van der Waals surface area contributed by atoms with Gasteiger partial charge in [-0.3, -0.25) is 9.59 Å². The van der Waals surface area contributed by atoms with Crippen LogP contribution >= 0.6 is 0 Å². The van der Waals surface area contributed by atoms with E-state index in [-0.39, 0.29) is 6.42 Å². The predicted octanol–water partition coefficient (Wildman–Crippen LogP) is 2.46. The van der Waals surface area contributed by atoms with E-state index >= 15 is 0 Å². The quantitative estimate of drug-likeness (QED) is 0.828. The average molecular weight is 322 g/mol. The van der Waals surface area contributed by atoms with Gasteiger partial charge < -0.3 is 10.0 Å². The van der Waals surface area contributed by atoms with Crippen LogP contribution in [0.4, 0.5) is 0 Å². The van der Waals surface area contributed by atoms with Crippen LogP contribution < -0.4 is 0 Å². The first-order valence-electron chi connectivity index (χ1n) is 7.52. The van der Waals surface area contributed by atoms with Gasteiger partial charge in [-0.15, -0.1) is 0 Å². The second-order valence-corrected chi connectivity index (χ2v) is 5.58. The van der Waals surface area contributed by atoms with E-state index in [1.165, 1.54) is 4.90 Å². The molecule has 1 N–H and O–H groups in total. The summed E-state index contributed by atoms with van der Waals surface area (Å²) in [7, 11) is 1.60. The SMILES string of the molecule is CN(Cc1ccccc1)C(=O)[C@H](Cc1ccc(C#N)cc1)C(=O)O. The van der Waals surface area contributed by atoms with Gasteiger partial charge in [-0.25, -0.2) is 0 Å². The number of carboxylic acids is 1. The van der Waals surface area contributed by atoms with E-state index in [2.05, 4.69) is 0 Å². The fourth-order valence-electron chi connectivity index (χ4n) is 2.43. The molecule has 0 aromatic heterocycles. The van der Waals surface area contributed by atoms with Gasteiger partial charge in [-0.05, 0) is 29.7 Å². The van der Waals surface area contributed by atoms with Gasteiger partial charge in [0.2, 0.25) is 5.91 Å². The second-order valence-electron chi connectivity index (χ2n) is 5.58. The molecule has 2 aromatic carbocycles. The molecule has 0 saturated heterocycles. The van der Waals surface area contributed by atoms with Crippen LogP contribution in [0.5, 0.6) is 0 Å². The first kappa shape index (κ1) is 17.2. The molecule has 0 radical (unpaired) electrons. The van der Waals surface area contributed by atoms with Crippen molar-refractivity contribution in [3.8, 4) is 6.07 Å². The van der Waals surface area contributed by atoms with Gasteiger partial charge in [-0.1, -0.05) is 42.5 Å². The van der Waals surface area contributed by atoms with Gasteiger partial charge in [0.25, 0.3) is 0 Å². The largest absolute Gasteiger partial charge is 0.481 e. The molecule has 1 amide bonds. The normalized spacial score (nSPS) is 11.3. The van der Waals surface area contributed by atoms with Crippen LogP contribution in [0.15, 0.2) is 54.6 Å². The van der Waals surface area contributed by atoms with Crippen molar-refractivity contribution in [3.63, 3.8) is 0 Å². The standard InChI is InChI=1S/C19H18N2O3/c1-21(13-16-5-3-2-4-6-16)18(22)17(19(23)24)11-14-7-9-15(12-20)10-8-14/h2-10,17H,11,13H2,1H3,(H,23,24)/t17-/m0/s1. The number of nitriles is 1. The van der Waals surface area contributed by atoms with Crippen molar-refractivity contribution in [3.05, 3.63) is 71.3 Å². The van der Waals surface area contributed by atoms with Gasteiger partial charge in [0.1, 0.15) is 5.92 Å². The van der Waals surface area contributed by atoms with Crippen molar-refractivity contribution in [1.82, 2.24) is 4.90 Å². The summed E-state index contributed by atoms with van der Waals surface area (Å²) in [4.78, 5) is 25.5. The topological polar surface area (TPSA) is 81.4 Å². The number of rotatable bonds is 6. The monoisotopic (exact) mass is 322 g/mol. The smallest absolute Gasteiger partial charge is 0.316 e. The van der Waals surface area contributed by atoms with Crippen LogP contribution in [0.3, 0.4) is 0 Å². The highest BCUT2D eigenvalue weighted by Crippen LogP contribution is 2.14. The molecule has 0 aliphatic carbocycles. The number of hydrogen-bond acceptors (Lipinski definition) is 3. The lowest BCUT2D eigenvalue weighted by Crippen LogP contribution is -2.37. The summed E-state index contributed by atoms with van der Waals surface area (Å²) < 4.78 is 0. The van der Waals surface area contributed by atoms with Crippen molar-refractivity contribution in [2.75, 3.05) is 7.05 Å². The Bertz CT molecular complexity index is 748. The number of amides is 1. The summed E-state index contributed by atoms with van der Waals surface area (Å²) in [6, 6.07) is 18.0. The predicted molar refractivity (Wildman–Crippen MR) is 88.9 cm³/mol. The summed E-state index contributed by atoms with van der Waals surface area (Å²) in [5, 5.41) is 18.2. The molecule has 5 nitrogen and oxygen atoms in total. The third-order valence-corrected chi connectivity index (χ3v) is 3.76. The molecule has 1 atom stereocenters. The zero-order chi connectivity index (χ0) is 17.5. The number of aliphatic carboxylic acids is 1. The second kappa shape index (κ2) is 7.93. The van der Waals surface area contributed by atoms with Crippen molar-refractivity contribution in [2.24, 2.45) is 5.92 Å². The average Bonchev–Trinajstić information content (AvgIpc) is 2.60. The van der Waals surface area contributed by atoms with Crippen molar-refractivity contribution >= 4 is 11.9 Å². The zero-order valence-electron chi connectivity index (χ0n) is 13.3. The van der Waals surface area contributed by atoms with Crippen LogP contribution in [-0.4, -0.2) is 28.9 Å². The Kier molecular flexibility index (Phi) is 5.69. The molecular weight excluding hydrogens is 304 g/mol. The summed E-state index contributed by atoms with van der Waals surface area (Å²) in [6.45, 7) is 0.358. The van der Waals surface area contributed by atoms with E-state index in [0.717, 1.165) is 5.56 Å². The zero-order valence-corrected chi connectivity index (χ0v) is 13.3. The Morgan fingerprint density at radius 1 is 1.08 bits per heavy atom. The van der Waals surface area contributed by atoms with Gasteiger partial charge in [-0.2, -0.15) is 5.26 Å². The molecular formula is C19H18N2O3. The molecule has 0 fully saturated rings. The van der Waals surface area contributed by atoms with Gasteiger partial charge in [0.15, 0.2) is 0 Å². The number of carboxylic acid groups (broad SMARTS) is 1. The molecule has 0 bridgehead atoms. The molecule has 0 heterocycles. The minimum Gasteiger partial charge on any atom is -0.481 e. The highest BCUT2D eigenvalue weighted by molar-refractivity contribution is 5.97. The van der Waals surface area contributed by atoms with Crippen LogP contribution in [-0.2, 0) is 22.6 Å². The Morgan fingerprint density at radius 3 is 2.25 bits per heavy atom. The van der Waals surface area contributed by atoms with E-state index in [0.29, 0.717) is 17.7 Å². The van der Waals surface area contributed by atoms with Crippen molar-refractivity contribution < 1.29 is 14.7 Å². The Hall–Kier alpha value is -3.13. The number of nitrogens with zero attached hydrogens (tertiary/aromatic N) is 2. The van der Waals surface area contributed by atoms with E-state index in [9.17, 15) is 14.7 Å². The molecule has 122 valence electrons. The highest BCUT2D eigenvalue weighted by Gasteiger charge is 2.29. The molecule has 0 saturated carbocycles. The molecule has 0 spiro atoms. The summed E-state index contributed by atoms with van der Waals surface area (Å²) in [6.07, 6.45) is 0.0962. The molecule has 24 heavy (non-hydrogen) atoms. The Morgan fingerprint density at radius 2 is 1.71 bits per heavy atom. The number of hydrogen-bond donors (Lipinski definition) is 1. The van der Waals surface area contributed by atoms with Gasteiger partial charge in [0.05, 0.1) is 11.6 Å². The van der Waals surface area contributed by atoms with Gasteiger partial charge >= 0.3 is 5.97 Å². The minimum atomic E-state index is -1.15. The molecule has 0 aliphatic rings. The first-order chi connectivity index (χ1) is 11.5. The lowest BCUT2D eigenvalue weighted by Gasteiger charge is -2.21. The van der Waals surface area contributed by atoms with Crippen molar-refractivity contribution in [1.29, 1.82) is 5.26 Å². The van der Waals surface area contributed by atoms with Crippen LogP contribution in [0.1, 0.15) is 16.7 Å². The Labute approximate surface area is 140 Å². The molecule has 0 aliphatic heterocycles. The maximum Gasteiger partial charge on any atom is 0.316 e. The van der Waals surface area contributed by atoms with E-state index in [1.807, 2.05) is 36.4 Å². The first-order valence-corrected chi connectivity index (χ1v) is 7.52. The lowest BCUT2D eigenvalue weighted by molar-refractivity contribution is -0.150. The van der Waals surface area contributed by atoms with Crippen LogP contribution in [0.2, 0.25) is 0 Å². The summed E-state index contributed by atoms with van der Waals surface area (Å²) >= 11 is 0. The molecule has 2 aromatic rings. The fraction of sp³-hybridized carbons (Fsp3) is 0.211. The van der Waals surface area contributed by atoms with Gasteiger partial charge in [0, 0.05) is 13.6 Å². The molecule has 0 unspecified atom stereocenters.